The SMILES string of the molecule is C[C@@H]1CCCN(C(=O)CCNCc2nn(C)c3cccc(Cl)c23)C1. The zero-order valence-corrected chi connectivity index (χ0v) is 15.1. The molecular weight excluding hydrogens is 324 g/mol. The fourth-order valence-corrected chi connectivity index (χ4v) is 3.73. The summed E-state index contributed by atoms with van der Waals surface area (Å²) in [5, 5.41) is 9.58. The van der Waals surface area contributed by atoms with Gasteiger partial charge in [-0.2, -0.15) is 5.10 Å². The molecule has 130 valence electrons. The minimum atomic E-state index is 0.248. The zero-order chi connectivity index (χ0) is 17.1. The summed E-state index contributed by atoms with van der Waals surface area (Å²) in [4.78, 5) is 14.3. The van der Waals surface area contributed by atoms with E-state index < -0.39 is 0 Å². The van der Waals surface area contributed by atoms with Gasteiger partial charge in [-0.3, -0.25) is 9.48 Å². The maximum atomic E-state index is 12.3. The number of rotatable bonds is 5. The Kier molecular flexibility index (Phi) is 5.41. The number of nitrogens with one attached hydrogen (secondary N) is 1. The van der Waals surface area contributed by atoms with Crippen LogP contribution in [0.25, 0.3) is 10.9 Å². The van der Waals surface area contributed by atoms with E-state index in [-0.39, 0.29) is 5.91 Å². The lowest BCUT2D eigenvalue weighted by Crippen LogP contribution is -2.40. The van der Waals surface area contributed by atoms with Crippen LogP contribution in [0.1, 0.15) is 31.9 Å². The summed E-state index contributed by atoms with van der Waals surface area (Å²) in [5.74, 6) is 0.871. The van der Waals surface area contributed by atoms with Crippen molar-refractivity contribution >= 4 is 28.4 Å². The van der Waals surface area contributed by atoms with Gasteiger partial charge in [0.25, 0.3) is 0 Å². The predicted octanol–water partition coefficient (Wildman–Crippen LogP) is 2.96. The molecule has 0 saturated carbocycles. The molecule has 2 aromatic rings. The number of aryl methyl sites for hydroxylation is 1. The summed E-state index contributed by atoms with van der Waals surface area (Å²) in [6.07, 6.45) is 2.89. The smallest absolute Gasteiger partial charge is 0.223 e. The van der Waals surface area contributed by atoms with Gasteiger partial charge >= 0.3 is 0 Å². The van der Waals surface area contributed by atoms with Crippen molar-refractivity contribution in [3.8, 4) is 0 Å². The van der Waals surface area contributed by atoms with E-state index in [4.69, 9.17) is 11.6 Å². The maximum absolute atomic E-state index is 12.3. The first-order valence-corrected chi connectivity index (χ1v) is 9.02. The van der Waals surface area contributed by atoms with Crippen molar-refractivity contribution in [2.45, 2.75) is 32.7 Å². The molecule has 1 N–H and O–H groups in total. The van der Waals surface area contributed by atoms with Crippen LogP contribution in [0.4, 0.5) is 0 Å². The summed E-state index contributed by atoms with van der Waals surface area (Å²) in [6.45, 7) is 5.30. The van der Waals surface area contributed by atoms with Gasteiger partial charge in [0.15, 0.2) is 0 Å². The van der Waals surface area contributed by atoms with Gasteiger partial charge in [-0.15, -0.1) is 0 Å². The number of fused-ring (bicyclic) bond motifs is 1. The molecule has 6 heteroatoms. The van der Waals surface area contributed by atoms with Gasteiger partial charge in [-0.05, 0) is 30.9 Å². The molecule has 2 heterocycles. The minimum Gasteiger partial charge on any atom is -0.342 e. The maximum Gasteiger partial charge on any atom is 0.223 e. The fraction of sp³-hybridized carbons (Fsp3) is 0.556. The Balaban J connectivity index is 1.53. The molecule has 0 unspecified atom stereocenters. The quantitative estimate of drug-likeness (QED) is 0.845. The van der Waals surface area contributed by atoms with Crippen LogP contribution in [0.3, 0.4) is 0 Å². The van der Waals surface area contributed by atoms with Gasteiger partial charge in [0.1, 0.15) is 0 Å². The summed E-state index contributed by atoms with van der Waals surface area (Å²) < 4.78 is 1.85. The van der Waals surface area contributed by atoms with E-state index in [1.54, 1.807) is 0 Å². The van der Waals surface area contributed by atoms with Crippen molar-refractivity contribution in [1.82, 2.24) is 20.0 Å². The van der Waals surface area contributed by atoms with E-state index in [2.05, 4.69) is 17.3 Å². The van der Waals surface area contributed by atoms with E-state index in [0.29, 0.717) is 25.4 Å². The second-order valence-electron chi connectivity index (χ2n) is 6.72. The van der Waals surface area contributed by atoms with Gasteiger partial charge in [-0.25, -0.2) is 0 Å². The third kappa shape index (κ3) is 3.73. The molecule has 1 aliphatic heterocycles. The second-order valence-corrected chi connectivity index (χ2v) is 7.13. The highest BCUT2D eigenvalue weighted by Crippen LogP contribution is 2.26. The molecule has 5 nitrogen and oxygen atoms in total. The molecule has 0 spiro atoms. The number of hydrogen-bond donors (Lipinski definition) is 1. The number of hydrogen-bond acceptors (Lipinski definition) is 3. The average Bonchev–Trinajstić information content (AvgIpc) is 2.89. The number of nitrogens with zero attached hydrogens (tertiary/aromatic N) is 3. The van der Waals surface area contributed by atoms with Crippen LogP contribution in [0, 0.1) is 5.92 Å². The van der Waals surface area contributed by atoms with Crippen LogP contribution in [-0.2, 0) is 18.4 Å². The standard InChI is InChI=1S/C18H25ClN4O/c1-13-5-4-10-23(12-13)17(24)8-9-20-11-15-18-14(19)6-3-7-16(18)22(2)21-15/h3,6-7,13,20H,4-5,8-12H2,1-2H3/t13-/m1/s1. The summed E-state index contributed by atoms with van der Waals surface area (Å²) in [7, 11) is 1.92. The Morgan fingerprint density at radius 2 is 2.29 bits per heavy atom. The second kappa shape index (κ2) is 7.53. The van der Waals surface area contributed by atoms with Gasteiger partial charge in [0.2, 0.25) is 5.91 Å². The molecule has 1 saturated heterocycles. The normalized spacial score (nSPS) is 18.3. The first-order chi connectivity index (χ1) is 11.6. The molecule has 1 amide bonds. The summed E-state index contributed by atoms with van der Waals surface area (Å²) in [6, 6.07) is 5.83. The molecular formula is C18H25ClN4O. The van der Waals surface area contributed by atoms with Crippen LogP contribution in [0.2, 0.25) is 5.02 Å². The van der Waals surface area contributed by atoms with Crippen LogP contribution in [0.5, 0.6) is 0 Å². The molecule has 3 rings (SSSR count). The summed E-state index contributed by atoms with van der Waals surface area (Å²) >= 11 is 6.31. The van der Waals surface area contributed by atoms with E-state index in [0.717, 1.165) is 41.1 Å². The van der Waals surface area contributed by atoms with Gasteiger partial charge in [0, 0.05) is 45.0 Å². The number of benzene rings is 1. The van der Waals surface area contributed by atoms with Crippen LogP contribution in [-0.4, -0.2) is 40.2 Å². The van der Waals surface area contributed by atoms with Crippen molar-refractivity contribution in [2.75, 3.05) is 19.6 Å². The predicted molar refractivity (Wildman–Crippen MR) is 97.0 cm³/mol. The Hall–Kier alpha value is -1.59. The topological polar surface area (TPSA) is 50.2 Å². The number of piperidine rings is 1. The van der Waals surface area contributed by atoms with Crippen molar-refractivity contribution in [3.05, 3.63) is 28.9 Å². The zero-order valence-electron chi connectivity index (χ0n) is 14.4. The van der Waals surface area contributed by atoms with Crippen molar-refractivity contribution in [2.24, 2.45) is 13.0 Å². The number of carbonyl (C=O) groups excluding carboxylic acids is 1. The van der Waals surface area contributed by atoms with Crippen molar-refractivity contribution < 1.29 is 4.79 Å². The molecule has 0 radical (unpaired) electrons. The van der Waals surface area contributed by atoms with E-state index in [1.165, 1.54) is 6.42 Å². The Labute approximate surface area is 148 Å². The van der Waals surface area contributed by atoms with Gasteiger partial charge in [0.05, 0.1) is 16.2 Å². The fourth-order valence-electron chi connectivity index (χ4n) is 3.45. The third-order valence-electron chi connectivity index (χ3n) is 4.72. The number of halogens is 1. The van der Waals surface area contributed by atoms with E-state index in [1.807, 2.05) is 34.8 Å². The van der Waals surface area contributed by atoms with E-state index >= 15 is 0 Å². The third-order valence-corrected chi connectivity index (χ3v) is 5.03. The number of carbonyl (C=O) groups is 1. The molecule has 1 aliphatic rings. The van der Waals surface area contributed by atoms with Crippen LogP contribution >= 0.6 is 11.6 Å². The lowest BCUT2D eigenvalue weighted by molar-refractivity contribution is -0.132. The highest BCUT2D eigenvalue weighted by atomic mass is 35.5. The Morgan fingerprint density at radius 3 is 3.08 bits per heavy atom. The van der Waals surface area contributed by atoms with Crippen molar-refractivity contribution in [3.63, 3.8) is 0 Å². The highest BCUT2D eigenvalue weighted by molar-refractivity contribution is 6.35. The van der Waals surface area contributed by atoms with Crippen LogP contribution < -0.4 is 5.32 Å². The first-order valence-electron chi connectivity index (χ1n) is 8.65. The largest absolute Gasteiger partial charge is 0.342 e. The Morgan fingerprint density at radius 1 is 1.46 bits per heavy atom. The lowest BCUT2D eigenvalue weighted by atomic mass is 10.00. The molecule has 1 aromatic heterocycles. The average molecular weight is 349 g/mol. The lowest BCUT2D eigenvalue weighted by Gasteiger charge is -2.31. The van der Waals surface area contributed by atoms with Crippen LogP contribution in [0.15, 0.2) is 18.2 Å². The highest BCUT2D eigenvalue weighted by Gasteiger charge is 2.20. The molecule has 1 aromatic carbocycles. The number of likely N-dealkylation sites (tertiary alicyclic amines) is 1. The van der Waals surface area contributed by atoms with Gasteiger partial charge in [-0.1, -0.05) is 24.6 Å². The van der Waals surface area contributed by atoms with E-state index in [9.17, 15) is 4.79 Å². The van der Waals surface area contributed by atoms with Gasteiger partial charge < -0.3 is 10.2 Å². The minimum absolute atomic E-state index is 0.248. The molecule has 1 atom stereocenters. The number of amides is 1. The van der Waals surface area contributed by atoms with Crippen molar-refractivity contribution in [1.29, 1.82) is 0 Å². The summed E-state index contributed by atoms with van der Waals surface area (Å²) in [5.41, 5.74) is 1.95. The molecule has 0 bridgehead atoms. The molecule has 1 fully saturated rings. The monoisotopic (exact) mass is 348 g/mol. The molecule has 0 aliphatic carbocycles. The molecule has 24 heavy (non-hydrogen) atoms. The number of aromatic nitrogens is 2. The Bertz CT molecular complexity index is 727. The first kappa shape index (κ1) is 17.2.